The largest absolute Gasteiger partial charge is 0.550 e. The summed E-state index contributed by atoms with van der Waals surface area (Å²) in [5, 5.41) is 21.8. The van der Waals surface area contributed by atoms with Gasteiger partial charge in [-0.15, -0.1) is 0 Å². The minimum absolute atomic E-state index is 0.262. The first-order valence-electron chi connectivity index (χ1n) is 15.4. The molecule has 4 nitrogen and oxygen atoms in total. The predicted molar refractivity (Wildman–Crippen MR) is 149 cm³/mol. The summed E-state index contributed by atoms with van der Waals surface area (Å²) >= 11 is 0. The average Bonchev–Trinajstić information content (AvgIpc) is 2.75. The molecule has 1 unspecified atom stereocenters. The van der Waals surface area contributed by atoms with Gasteiger partial charge in [-0.1, -0.05) is 148 Å². The van der Waals surface area contributed by atoms with Crippen molar-refractivity contribution < 1.29 is 19.5 Å². The fourth-order valence-electron chi connectivity index (χ4n) is 5.44. The molecule has 0 fully saturated rings. The van der Waals surface area contributed by atoms with Crippen LogP contribution in [0.2, 0.25) is 0 Å². The van der Waals surface area contributed by atoms with Crippen molar-refractivity contribution in [3.8, 4) is 0 Å². The lowest BCUT2D eigenvalue weighted by Crippen LogP contribution is -2.51. The summed E-state index contributed by atoms with van der Waals surface area (Å²) in [7, 11) is 5.96. The van der Waals surface area contributed by atoms with Gasteiger partial charge in [0.15, 0.2) is 0 Å². The molecule has 4 heteroatoms. The number of rotatable bonds is 27. The molecule has 0 aromatic heterocycles. The van der Waals surface area contributed by atoms with Gasteiger partial charge >= 0.3 is 0 Å². The number of carboxylic acid groups (broad SMARTS) is 1. The number of carboxylic acids is 1. The van der Waals surface area contributed by atoms with Crippen molar-refractivity contribution in [1.82, 2.24) is 0 Å². The lowest BCUT2D eigenvalue weighted by molar-refractivity contribution is -0.877. The topological polar surface area (TPSA) is 60.4 Å². The van der Waals surface area contributed by atoms with Gasteiger partial charge in [0.05, 0.1) is 21.1 Å². The summed E-state index contributed by atoms with van der Waals surface area (Å²) in [6.45, 7) is 2.73. The van der Waals surface area contributed by atoms with Crippen LogP contribution in [-0.2, 0) is 4.79 Å². The van der Waals surface area contributed by atoms with Crippen molar-refractivity contribution in [2.24, 2.45) is 0 Å². The molecule has 0 radical (unpaired) electrons. The van der Waals surface area contributed by atoms with E-state index in [0.29, 0.717) is 17.4 Å². The molecule has 0 rings (SSSR count). The minimum Gasteiger partial charge on any atom is -0.550 e. The zero-order chi connectivity index (χ0) is 26.3. The van der Waals surface area contributed by atoms with E-state index in [-0.39, 0.29) is 6.42 Å². The van der Waals surface area contributed by atoms with Crippen LogP contribution in [0.3, 0.4) is 0 Å². The van der Waals surface area contributed by atoms with Crippen LogP contribution in [0, 0.1) is 0 Å². The summed E-state index contributed by atoms with van der Waals surface area (Å²) in [6.07, 6.45) is 30.1. The third kappa shape index (κ3) is 26.3. The first-order valence-corrected chi connectivity index (χ1v) is 15.4. The van der Waals surface area contributed by atoms with Gasteiger partial charge in [0.1, 0.15) is 12.1 Å². The van der Waals surface area contributed by atoms with E-state index in [1.807, 2.05) is 21.1 Å². The van der Waals surface area contributed by atoms with Crippen LogP contribution in [-0.4, -0.2) is 48.8 Å². The SMILES string of the molecule is CCCCCCCCCCCCCCCCCCCCCCCCC(O)(CC(=O)[O-])C[N+](C)(C)C. The molecule has 35 heavy (non-hydrogen) atoms. The monoisotopic (exact) mass is 497 g/mol. The van der Waals surface area contributed by atoms with Crippen molar-refractivity contribution in [1.29, 1.82) is 0 Å². The quantitative estimate of drug-likeness (QED) is 0.0941. The Hall–Kier alpha value is -0.610. The zero-order valence-corrected chi connectivity index (χ0v) is 24.4. The third-order valence-electron chi connectivity index (χ3n) is 7.24. The van der Waals surface area contributed by atoms with Gasteiger partial charge in [0, 0.05) is 12.4 Å². The zero-order valence-electron chi connectivity index (χ0n) is 24.4. The highest BCUT2D eigenvalue weighted by molar-refractivity contribution is 5.65. The Bertz CT molecular complexity index is 474. The molecule has 1 atom stereocenters. The van der Waals surface area contributed by atoms with Crippen LogP contribution >= 0.6 is 0 Å². The number of carbonyl (C=O) groups is 1. The number of unbranched alkanes of at least 4 members (excludes halogenated alkanes) is 21. The molecule has 0 aromatic rings. The van der Waals surface area contributed by atoms with E-state index in [1.165, 1.54) is 128 Å². The van der Waals surface area contributed by atoms with Crippen molar-refractivity contribution >= 4 is 5.97 Å². The van der Waals surface area contributed by atoms with E-state index in [4.69, 9.17) is 0 Å². The van der Waals surface area contributed by atoms with E-state index >= 15 is 0 Å². The lowest BCUT2D eigenvalue weighted by Gasteiger charge is -2.36. The Morgan fingerprint density at radius 3 is 1.14 bits per heavy atom. The number of quaternary nitrogens is 1. The molecule has 210 valence electrons. The Kier molecular flexibility index (Phi) is 22.2. The van der Waals surface area contributed by atoms with Gasteiger partial charge in [-0.2, -0.15) is 0 Å². The second-order valence-corrected chi connectivity index (χ2v) is 12.4. The van der Waals surface area contributed by atoms with Crippen LogP contribution in [0.5, 0.6) is 0 Å². The second kappa shape index (κ2) is 22.6. The van der Waals surface area contributed by atoms with E-state index in [9.17, 15) is 15.0 Å². The van der Waals surface area contributed by atoms with Gasteiger partial charge in [0.2, 0.25) is 0 Å². The standard InChI is InChI=1S/C31H63NO3/c1-5-6-7-8-9-10-11-12-13-14-15-16-17-18-19-20-21-22-23-24-25-26-27-31(35,28-30(33)34)29-32(2,3)4/h35H,5-29H2,1-4H3. The molecule has 0 aliphatic carbocycles. The van der Waals surface area contributed by atoms with Crippen LogP contribution in [0.15, 0.2) is 0 Å². The van der Waals surface area contributed by atoms with Gasteiger partial charge in [-0.05, 0) is 6.42 Å². The fraction of sp³-hybridized carbons (Fsp3) is 0.968. The van der Waals surface area contributed by atoms with Crippen LogP contribution < -0.4 is 5.11 Å². The van der Waals surface area contributed by atoms with Crippen molar-refractivity contribution in [3.05, 3.63) is 0 Å². The second-order valence-electron chi connectivity index (χ2n) is 12.4. The molecule has 0 heterocycles. The first kappa shape index (κ1) is 34.4. The van der Waals surface area contributed by atoms with E-state index in [0.717, 1.165) is 12.8 Å². The maximum Gasteiger partial charge on any atom is 0.119 e. The number of nitrogens with zero attached hydrogens (tertiary/aromatic N) is 1. The van der Waals surface area contributed by atoms with Crippen molar-refractivity contribution in [2.45, 2.75) is 167 Å². The molecule has 0 spiro atoms. The van der Waals surface area contributed by atoms with Crippen molar-refractivity contribution in [2.75, 3.05) is 27.7 Å². The highest BCUT2D eigenvalue weighted by Gasteiger charge is 2.33. The summed E-state index contributed by atoms with van der Waals surface area (Å²) in [5.41, 5.74) is -1.15. The fourth-order valence-corrected chi connectivity index (χ4v) is 5.44. The summed E-state index contributed by atoms with van der Waals surface area (Å²) in [6, 6.07) is 0. The first-order chi connectivity index (χ1) is 16.7. The Balaban J connectivity index is 3.40. The smallest absolute Gasteiger partial charge is 0.119 e. The van der Waals surface area contributed by atoms with Crippen LogP contribution in [0.1, 0.15) is 161 Å². The third-order valence-corrected chi connectivity index (χ3v) is 7.24. The predicted octanol–water partition coefficient (Wildman–Crippen LogP) is 7.56. The minimum atomic E-state index is -1.15. The number of hydrogen-bond donors (Lipinski definition) is 1. The average molecular weight is 498 g/mol. The molecule has 0 aliphatic heterocycles. The Labute approximate surface area is 219 Å². The number of aliphatic hydroxyl groups is 1. The van der Waals surface area contributed by atoms with Crippen LogP contribution in [0.4, 0.5) is 0 Å². The molecule has 0 amide bonds. The number of hydrogen-bond acceptors (Lipinski definition) is 3. The number of aliphatic carboxylic acids is 1. The highest BCUT2D eigenvalue weighted by Crippen LogP contribution is 2.23. The molecular formula is C31H63NO3. The number of carbonyl (C=O) groups excluding carboxylic acids is 1. The normalized spacial score (nSPS) is 13.7. The maximum atomic E-state index is 11.0. The molecule has 1 N–H and O–H groups in total. The molecular weight excluding hydrogens is 434 g/mol. The highest BCUT2D eigenvalue weighted by atomic mass is 16.4. The maximum absolute atomic E-state index is 11.0. The Morgan fingerprint density at radius 2 is 0.886 bits per heavy atom. The van der Waals surface area contributed by atoms with Crippen molar-refractivity contribution in [3.63, 3.8) is 0 Å². The molecule has 0 aliphatic rings. The summed E-state index contributed by atoms with van der Waals surface area (Å²) < 4.78 is 0.559. The Morgan fingerprint density at radius 1 is 0.600 bits per heavy atom. The molecule has 0 aromatic carbocycles. The van der Waals surface area contributed by atoms with Gasteiger partial charge < -0.3 is 19.5 Å². The van der Waals surface area contributed by atoms with Gasteiger partial charge in [0.25, 0.3) is 0 Å². The van der Waals surface area contributed by atoms with Gasteiger partial charge in [-0.25, -0.2) is 0 Å². The lowest BCUT2D eigenvalue weighted by atomic mass is 9.91. The summed E-state index contributed by atoms with van der Waals surface area (Å²) in [4.78, 5) is 11.0. The van der Waals surface area contributed by atoms with E-state index in [2.05, 4.69) is 6.92 Å². The summed E-state index contributed by atoms with van der Waals surface area (Å²) in [5.74, 6) is -1.15. The number of likely N-dealkylation sites (N-methyl/N-ethyl adjacent to an activating group) is 1. The van der Waals surface area contributed by atoms with E-state index < -0.39 is 11.6 Å². The molecule has 0 bridgehead atoms. The molecule has 0 saturated heterocycles. The molecule has 0 saturated carbocycles. The van der Waals surface area contributed by atoms with Crippen LogP contribution in [0.25, 0.3) is 0 Å². The van der Waals surface area contributed by atoms with E-state index in [1.54, 1.807) is 0 Å². The van der Waals surface area contributed by atoms with Gasteiger partial charge in [-0.3, -0.25) is 0 Å².